The monoisotopic (exact) mass is 430 g/mol. The molecule has 6 nitrogen and oxygen atoms in total. The van der Waals surface area contributed by atoms with Crippen molar-refractivity contribution in [2.24, 2.45) is 4.99 Å². The molecule has 0 bridgehead atoms. The summed E-state index contributed by atoms with van der Waals surface area (Å²) in [5, 5.41) is 0.535. The van der Waals surface area contributed by atoms with Crippen LogP contribution in [0.3, 0.4) is 0 Å². The van der Waals surface area contributed by atoms with Gasteiger partial charge in [-0.15, -0.1) is 0 Å². The highest BCUT2D eigenvalue weighted by Crippen LogP contribution is 2.39. The van der Waals surface area contributed by atoms with Crippen LogP contribution in [0.15, 0.2) is 59.6 Å². The molecule has 2 saturated heterocycles. The number of amidine groups is 1. The number of hydrogen-bond donors (Lipinski definition) is 0. The van der Waals surface area contributed by atoms with Gasteiger partial charge in [-0.3, -0.25) is 4.79 Å². The van der Waals surface area contributed by atoms with Gasteiger partial charge in [0.2, 0.25) is 0 Å². The maximum Gasteiger partial charge on any atom is 0.252 e. The van der Waals surface area contributed by atoms with Crippen LogP contribution < -0.4 is 4.74 Å². The molecule has 4 rings (SSSR count). The van der Waals surface area contributed by atoms with E-state index in [1.807, 2.05) is 59.5 Å². The van der Waals surface area contributed by atoms with Crippen molar-refractivity contribution in [1.29, 1.82) is 0 Å². The van der Waals surface area contributed by atoms with Crippen molar-refractivity contribution in [3.05, 3.63) is 65.7 Å². The van der Waals surface area contributed by atoms with Crippen molar-refractivity contribution in [3.8, 4) is 5.75 Å². The smallest absolute Gasteiger partial charge is 0.252 e. The maximum absolute atomic E-state index is 12.5. The lowest BCUT2D eigenvalue weighted by atomic mass is 10.1. The first-order valence-electron chi connectivity index (χ1n) is 9.35. The molecule has 2 aliphatic rings. The van der Waals surface area contributed by atoms with Crippen LogP contribution >= 0.6 is 11.8 Å². The van der Waals surface area contributed by atoms with Crippen LogP contribution in [0, 0.1) is 0 Å². The first-order chi connectivity index (χ1) is 13.9. The van der Waals surface area contributed by atoms with Gasteiger partial charge < -0.3 is 9.64 Å². The zero-order valence-corrected chi connectivity index (χ0v) is 17.7. The minimum Gasteiger partial charge on any atom is -0.497 e. The zero-order chi connectivity index (χ0) is 20.4. The van der Waals surface area contributed by atoms with Crippen molar-refractivity contribution < 1.29 is 17.9 Å². The number of amides is 1. The predicted molar refractivity (Wildman–Crippen MR) is 115 cm³/mol. The quantitative estimate of drug-likeness (QED) is 0.726. The molecule has 0 aliphatic carbocycles. The van der Waals surface area contributed by atoms with Gasteiger partial charge >= 0.3 is 0 Å². The number of sulfone groups is 1. The molecule has 2 heterocycles. The lowest BCUT2D eigenvalue weighted by Gasteiger charge is -2.24. The number of rotatable bonds is 5. The molecule has 29 heavy (non-hydrogen) atoms. The number of thioether (sulfide) groups is 1. The molecule has 2 aromatic rings. The number of methoxy groups -OCH3 is 1. The summed E-state index contributed by atoms with van der Waals surface area (Å²) in [5.41, 5.74) is 1.92. The van der Waals surface area contributed by atoms with Crippen LogP contribution in [0.5, 0.6) is 5.75 Å². The standard InChI is InChI=1S/C21H22N2O4S2/c1-27-17-9-7-16(8-10-17)12-23-18-13-29(25,26)14-19(18)28-21(23)22-20(24)11-15-5-3-2-4-6-15/h2-10,18-19H,11-14H2,1H3/t18-,19-/m0/s1. The molecule has 0 unspecified atom stereocenters. The molecule has 0 radical (unpaired) electrons. The van der Waals surface area contributed by atoms with E-state index in [-0.39, 0.29) is 35.1 Å². The van der Waals surface area contributed by atoms with Crippen molar-refractivity contribution in [1.82, 2.24) is 4.90 Å². The van der Waals surface area contributed by atoms with E-state index in [1.54, 1.807) is 7.11 Å². The fourth-order valence-corrected chi connectivity index (χ4v) is 7.63. The van der Waals surface area contributed by atoms with Crippen molar-refractivity contribution >= 4 is 32.7 Å². The van der Waals surface area contributed by atoms with E-state index in [4.69, 9.17) is 4.74 Å². The number of nitrogens with zero attached hydrogens (tertiary/aromatic N) is 2. The van der Waals surface area contributed by atoms with E-state index >= 15 is 0 Å². The lowest BCUT2D eigenvalue weighted by molar-refractivity contribution is -0.117. The Bertz CT molecular complexity index is 1020. The number of hydrogen-bond acceptors (Lipinski definition) is 5. The molecule has 8 heteroatoms. The summed E-state index contributed by atoms with van der Waals surface area (Å²) in [6.45, 7) is 0.505. The van der Waals surface area contributed by atoms with Crippen LogP contribution in [0.4, 0.5) is 0 Å². The third-order valence-corrected chi connectivity index (χ3v) is 8.35. The Kier molecular flexibility index (Phi) is 5.65. The van der Waals surface area contributed by atoms with Gasteiger partial charge in [-0.25, -0.2) is 8.42 Å². The van der Waals surface area contributed by atoms with Crippen LogP contribution in [-0.2, 0) is 27.6 Å². The molecule has 2 aliphatic heterocycles. The summed E-state index contributed by atoms with van der Waals surface area (Å²) in [6, 6.07) is 17.0. The Morgan fingerprint density at radius 1 is 1.10 bits per heavy atom. The molecular weight excluding hydrogens is 408 g/mol. The SMILES string of the molecule is COc1ccc(CN2C(=NC(=O)Cc3ccccc3)S[C@H]3CS(=O)(=O)C[C@@H]32)cc1. The van der Waals surface area contributed by atoms with E-state index in [1.165, 1.54) is 11.8 Å². The summed E-state index contributed by atoms with van der Waals surface area (Å²) in [6.07, 6.45) is 0.231. The average Bonchev–Trinajstić information content (AvgIpc) is 3.15. The number of aliphatic imine (C=N–C) groups is 1. The third-order valence-electron chi connectivity index (χ3n) is 5.11. The number of ether oxygens (including phenoxy) is 1. The van der Waals surface area contributed by atoms with Crippen LogP contribution in [-0.4, -0.2) is 54.3 Å². The van der Waals surface area contributed by atoms with Gasteiger partial charge in [0.15, 0.2) is 15.0 Å². The second kappa shape index (κ2) is 8.20. The molecule has 0 aromatic heterocycles. The Hall–Kier alpha value is -2.32. The van der Waals surface area contributed by atoms with Gasteiger partial charge in [0.25, 0.3) is 5.91 Å². The Morgan fingerprint density at radius 2 is 1.83 bits per heavy atom. The fraction of sp³-hybridized carbons (Fsp3) is 0.333. The van der Waals surface area contributed by atoms with Gasteiger partial charge in [-0.05, 0) is 23.3 Å². The Balaban J connectivity index is 1.56. The molecule has 0 saturated carbocycles. The summed E-state index contributed by atoms with van der Waals surface area (Å²) in [4.78, 5) is 18.9. The van der Waals surface area contributed by atoms with E-state index in [9.17, 15) is 13.2 Å². The maximum atomic E-state index is 12.5. The minimum atomic E-state index is -3.06. The molecule has 0 N–H and O–H groups in total. The molecule has 2 aromatic carbocycles. The van der Waals surface area contributed by atoms with Gasteiger partial charge in [0.05, 0.1) is 31.1 Å². The van der Waals surface area contributed by atoms with Crippen molar-refractivity contribution in [2.45, 2.75) is 24.3 Å². The van der Waals surface area contributed by atoms with Crippen molar-refractivity contribution in [2.75, 3.05) is 18.6 Å². The van der Waals surface area contributed by atoms with Gasteiger partial charge in [0, 0.05) is 11.8 Å². The molecule has 2 atom stereocenters. The van der Waals surface area contributed by atoms with E-state index in [0.29, 0.717) is 11.7 Å². The third kappa shape index (κ3) is 4.64. The molecular formula is C21H22N2O4S2. The van der Waals surface area contributed by atoms with Gasteiger partial charge in [0.1, 0.15) is 5.75 Å². The summed E-state index contributed by atoms with van der Waals surface area (Å²) >= 11 is 1.41. The topological polar surface area (TPSA) is 76.0 Å². The highest BCUT2D eigenvalue weighted by atomic mass is 32.2. The van der Waals surface area contributed by atoms with E-state index in [2.05, 4.69) is 4.99 Å². The van der Waals surface area contributed by atoms with Crippen LogP contribution in [0.1, 0.15) is 11.1 Å². The second-order valence-electron chi connectivity index (χ2n) is 7.23. The Morgan fingerprint density at radius 3 is 2.52 bits per heavy atom. The number of carbonyl (C=O) groups excluding carboxylic acids is 1. The highest BCUT2D eigenvalue weighted by Gasteiger charge is 2.48. The zero-order valence-electron chi connectivity index (χ0n) is 16.0. The number of fused-ring (bicyclic) bond motifs is 1. The molecule has 152 valence electrons. The van der Waals surface area contributed by atoms with E-state index < -0.39 is 9.84 Å². The second-order valence-corrected chi connectivity index (χ2v) is 10.6. The summed E-state index contributed by atoms with van der Waals surface area (Å²) < 4.78 is 29.5. The van der Waals surface area contributed by atoms with Crippen LogP contribution in [0.2, 0.25) is 0 Å². The summed E-state index contributed by atoms with van der Waals surface area (Å²) in [7, 11) is -1.45. The Labute approximate surface area is 174 Å². The van der Waals surface area contributed by atoms with Gasteiger partial charge in [-0.2, -0.15) is 4.99 Å². The number of carbonyl (C=O) groups is 1. The molecule has 1 amide bonds. The van der Waals surface area contributed by atoms with Crippen molar-refractivity contribution in [3.63, 3.8) is 0 Å². The first kappa shape index (κ1) is 20.0. The lowest BCUT2D eigenvalue weighted by Crippen LogP contribution is -2.37. The largest absolute Gasteiger partial charge is 0.497 e. The molecule has 2 fully saturated rings. The average molecular weight is 431 g/mol. The first-order valence-corrected chi connectivity index (χ1v) is 12.1. The fourth-order valence-electron chi connectivity index (χ4n) is 3.66. The minimum absolute atomic E-state index is 0.0819. The van der Waals surface area contributed by atoms with Gasteiger partial charge in [-0.1, -0.05) is 54.2 Å². The normalized spacial score (nSPS) is 23.9. The van der Waals surface area contributed by atoms with E-state index in [0.717, 1.165) is 16.9 Å². The highest BCUT2D eigenvalue weighted by molar-refractivity contribution is 8.15. The molecule has 0 spiro atoms. The van der Waals surface area contributed by atoms with Crippen LogP contribution in [0.25, 0.3) is 0 Å². The number of benzene rings is 2. The summed E-state index contributed by atoms with van der Waals surface area (Å²) in [5.74, 6) is 0.777. The predicted octanol–water partition coefficient (Wildman–Crippen LogP) is 2.53.